The van der Waals surface area contributed by atoms with Crippen LogP contribution in [0, 0.1) is 0 Å². The Hall–Kier alpha value is -1.51. The van der Waals surface area contributed by atoms with E-state index >= 15 is 0 Å². The predicted molar refractivity (Wildman–Crippen MR) is 66.4 cm³/mol. The van der Waals surface area contributed by atoms with E-state index in [1.807, 2.05) is 24.3 Å². The van der Waals surface area contributed by atoms with Crippen LogP contribution in [0.4, 0.5) is 0 Å². The molecule has 0 fully saturated rings. The van der Waals surface area contributed by atoms with Crippen LogP contribution in [0.5, 0.6) is 5.75 Å². The fourth-order valence-corrected chi connectivity index (χ4v) is 1.73. The first-order valence-corrected chi connectivity index (χ1v) is 5.36. The van der Waals surface area contributed by atoms with Gasteiger partial charge in [0, 0.05) is 17.1 Å². The number of nitrogens with two attached hydrogens (primary N) is 1. The third kappa shape index (κ3) is 2.18. The maximum Gasteiger partial charge on any atom is 0.123 e. The number of rotatable bonds is 2. The van der Waals surface area contributed by atoms with Gasteiger partial charge in [-0.1, -0.05) is 35.9 Å². The van der Waals surface area contributed by atoms with E-state index in [2.05, 4.69) is 0 Å². The van der Waals surface area contributed by atoms with Crippen molar-refractivity contribution in [3.05, 3.63) is 53.1 Å². The second-order valence-electron chi connectivity index (χ2n) is 3.56. The first-order chi connectivity index (χ1) is 7.70. The average molecular weight is 234 g/mol. The predicted octanol–water partition coefficient (Wildman–Crippen LogP) is 3.17. The van der Waals surface area contributed by atoms with E-state index in [-0.39, 0.29) is 5.75 Å². The Labute approximate surface area is 99.3 Å². The van der Waals surface area contributed by atoms with Crippen LogP contribution >= 0.6 is 11.6 Å². The molecular weight excluding hydrogens is 222 g/mol. The first kappa shape index (κ1) is 11.0. The molecule has 0 aliphatic rings. The van der Waals surface area contributed by atoms with Crippen molar-refractivity contribution in [3.8, 4) is 16.9 Å². The van der Waals surface area contributed by atoms with Gasteiger partial charge in [-0.3, -0.25) is 0 Å². The monoisotopic (exact) mass is 233 g/mol. The molecule has 0 aliphatic carbocycles. The quantitative estimate of drug-likeness (QED) is 0.837. The molecule has 0 radical (unpaired) electrons. The topological polar surface area (TPSA) is 46.2 Å². The van der Waals surface area contributed by atoms with E-state index in [4.69, 9.17) is 17.3 Å². The Morgan fingerprint density at radius 2 is 1.75 bits per heavy atom. The van der Waals surface area contributed by atoms with E-state index in [0.29, 0.717) is 11.6 Å². The van der Waals surface area contributed by atoms with Crippen molar-refractivity contribution in [1.29, 1.82) is 0 Å². The summed E-state index contributed by atoms with van der Waals surface area (Å²) in [5.74, 6) is 0.227. The second-order valence-corrected chi connectivity index (χ2v) is 4.00. The van der Waals surface area contributed by atoms with Crippen molar-refractivity contribution in [3.63, 3.8) is 0 Å². The maximum absolute atomic E-state index is 9.73. The number of hydrogen-bond donors (Lipinski definition) is 2. The van der Waals surface area contributed by atoms with Crippen molar-refractivity contribution in [2.24, 2.45) is 5.73 Å². The SMILES string of the molecule is NCc1ccc(-c2cc(Cl)ccc2O)cc1. The van der Waals surface area contributed by atoms with Gasteiger partial charge in [0.15, 0.2) is 0 Å². The molecule has 0 bridgehead atoms. The summed E-state index contributed by atoms with van der Waals surface area (Å²) < 4.78 is 0. The summed E-state index contributed by atoms with van der Waals surface area (Å²) in [5.41, 5.74) is 8.24. The lowest BCUT2D eigenvalue weighted by Gasteiger charge is -2.06. The van der Waals surface area contributed by atoms with Gasteiger partial charge in [-0.05, 0) is 29.3 Å². The number of hydrogen-bond acceptors (Lipinski definition) is 2. The third-order valence-corrected chi connectivity index (χ3v) is 2.69. The largest absolute Gasteiger partial charge is 0.507 e. The minimum absolute atomic E-state index is 0.227. The summed E-state index contributed by atoms with van der Waals surface area (Å²) in [6, 6.07) is 12.7. The van der Waals surface area contributed by atoms with Crippen molar-refractivity contribution in [2.45, 2.75) is 6.54 Å². The van der Waals surface area contributed by atoms with Crippen molar-refractivity contribution in [2.75, 3.05) is 0 Å². The van der Waals surface area contributed by atoms with Crippen LogP contribution in [0.2, 0.25) is 5.02 Å². The minimum atomic E-state index is 0.227. The van der Waals surface area contributed by atoms with E-state index in [0.717, 1.165) is 16.7 Å². The summed E-state index contributed by atoms with van der Waals surface area (Å²) >= 11 is 5.89. The highest BCUT2D eigenvalue weighted by Gasteiger charge is 2.04. The summed E-state index contributed by atoms with van der Waals surface area (Å²) in [6.45, 7) is 0.516. The van der Waals surface area contributed by atoms with Crippen molar-refractivity contribution >= 4 is 11.6 Å². The molecule has 3 N–H and O–H groups in total. The molecule has 2 aromatic rings. The van der Waals surface area contributed by atoms with Crippen LogP contribution in [-0.2, 0) is 6.54 Å². The molecule has 2 rings (SSSR count). The molecule has 16 heavy (non-hydrogen) atoms. The summed E-state index contributed by atoms with van der Waals surface area (Å²) in [6.07, 6.45) is 0. The van der Waals surface area contributed by atoms with Crippen LogP contribution in [0.3, 0.4) is 0 Å². The number of benzene rings is 2. The van der Waals surface area contributed by atoms with E-state index in [9.17, 15) is 5.11 Å². The minimum Gasteiger partial charge on any atom is -0.507 e. The first-order valence-electron chi connectivity index (χ1n) is 4.98. The Morgan fingerprint density at radius 3 is 2.38 bits per heavy atom. The van der Waals surface area contributed by atoms with Gasteiger partial charge < -0.3 is 10.8 Å². The van der Waals surface area contributed by atoms with E-state index in [1.165, 1.54) is 0 Å². The number of halogens is 1. The zero-order chi connectivity index (χ0) is 11.5. The van der Waals surface area contributed by atoms with Crippen LogP contribution in [0.25, 0.3) is 11.1 Å². The Morgan fingerprint density at radius 1 is 1.06 bits per heavy atom. The maximum atomic E-state index is 9.73. The van der Waals surface area contributed by atoms with Gasteiger partial charge in [0.1, 0.15) is 5.75 Å². The Balaban J connectivity index is 2.45. The van der Waals surface area contributed by atoms with Crippen LogP contribution in [0.15, 0.2) is 42.5 Å². The molecule has 0 amide bonds. The lowest BCUT2D eigenvalue weighted by molar-refractivity contribution is 0.477. The zero-order valence-corrected chi connectivity index (χ0v) is 9.41. The standard InChI is InChI=1S/C13H12ClNO/c14-11-5-6-13(16)12(7-11)10-3-1-9(8-15)2-4-10/h1-7,16H,8,15H2. The summed E-state index contributed by atoms with van der Waals surface area (Å²) in [5, 5.41) is 10.3. The fourth-order valence-electron chi connectivity index (χ4n) is 1.56. The zero-order valence-electron chi connectivity index (χ0n) is 8.65. The molecule has 0 aromatic heterocycles. The molecule has 0 spiro atoms. The molecule has 0 unspecified atom stereocenters. The normalized spacial score (nSPS) is 10.4. The van der Waals surface area contributed by atoms with Gasteiger partial charge in [0.2, 0.25) is 0 Å². The molecule has 0 saturated carbocycles. The van der Waals surface area contributed by atoms with Gasteiger partial charge in [0.05, 0.1) is 0 Å². The molecule has 2 aromatic carbocycles. The van der Waals surface area contributed by atoms with E-state index < -0.39 is 0 Å². The average Bonchev–Trinajstić information content (AvgIpc) is 2.32. The third-order valence-electron chi connectivity index (χ3n) is 2.46. The highest BCUT2D eigenvalue weighted by molar-refractivity contribution is 6.31. The highest BCUT2D eigenvalue weighted by atomic mass is 35.5. The second kappa shape index (κ2) is 4.56. The van der Waals surface area contributed by atoms with Gasteiger partial charge in [-0.25, -0.2) is 0 Å². The lowest BCUT2D eigenvalue weighted by Crippen LogP contribution is -1.95. The molecule has 0 aliphatic heterocycles. The number of phenols is 1. The van der Waals surface area contributed by atoms with E-state index in [1.54, 1.807) is 18.2 Å². The van der Waals surface area contributed by atoms with Crippen LogP contribution in [-0.4, -0.2) is 5.11 Å². The number of aromatic hydroxyl groups is 1. The van der Waals surface area contributed by atoms with Crippen LogP contribution in [0.1, 0.15) is 5.56 Å². The smallest absolute Gasteiger partial charge is 0.123 e. The van der Waals surface area contributed by atoms with Crippen molar-refractivity contribution in [1.82, 2.24) is 0 Å². The highest BCUT2D eigenvalue weighted by Crippen LogP contribution is 2.31. The molecule has 0 saturated heterocycles. The molecule has 82 valence electrons. The molecule has 0 atom stereocenters. The number of phenolic OH excluding ortho intramolecular Hbond substituents is 1. The van der Waals surface area contributed by atoms with Gasteiger partial charge in [0.25, 0.3) is 0 Å². The molecule has 2 nitrogen and oxygen atoms in total. The van der Waals surface area contributed by atoms with Crippen LogP contribution < -0.4 is 5.73 Å². The fraction of sp³-hybridized carbons (Fsp3) is 0.0769. The van der Waals surface area contributed by atoms with Gasteiger partial charge >= 0.3 is 0 Å². The molecule has 3 heteroatoms. The van der Waals surface area contributed by atoms with Gasteiger partial charge in [-0.2, -0.15) is 0 Å². The molecule has 0 heterocycles. The van der Waals surface area contributed by atoms with Crippen molar-refractivity contribution < 1.29 is 5.11 Å². The lowest BCUT2D eigenvalue weighted by atomic mass is 10.0. The summed E-state index contributed by atoms with van der Waals surface area (Å²) in [4.78, 5) is 0. The summed E-state index contributed by atoms with van der Waals surface area (Å²) in [7, 11) is 0. The Kier molecular flexibility index (Phi) is 3.13. The Bertz CT molecular complexity index is 494. The molecular formula is C13H12ClNO. The van der Waals surface area contributed by atoms with Gasteiger partial charge in [-0.15, -0.1) is 0 Å².